The number of halogens is 3. The normalized spacial score (nSPS) is 22.9. The molecule has 0 aliphatic heterocycles. The van der Waals surface area contributed by atoms with Crippen LogP contribution in [0.1, 0.15) is 24.8 Å². The Hall–Kier alpha value is -1.85. The van der Waals surface area contributed by atoms with Crippen molar-refractivity contribution in [1.82, 2.24) is 5.32 Å². The molecule has 3 nitrogen and oxygen atoms in total. The number of benzene rings is 1. The van der Waals surface area contributed by atoms with E-state index in [0.29, 0.717) is 0 Å². The maximum absolute atomic E-state index is 12.3. The molecule has 1 N–H and O–H groups in total. The second kappa shape index (κ2) is 5.26. The van der Waals surface area contributed by atoms with Crippen molar-refractivity contribution in [1.29, 1.82) is 0 Å². The summed E-state index contributed by atoms with van der Waals surface area (Å²) in [5.74, 6) is -1.28. The van der Waals surface area contributed by atoms with Gasteiger partial charge in [-0.3, -0.25) is 14.9 Å². The lowest BCUT2D eigenvalue weighted by Crippen LogP contribution is -2.47. The fourth-order valence-corrected chi connectivity index (χ4v) is 2.61. The third kappa shape index (κ3) is 3.37. The predicted molar refractivity (Wildman–Crippen MR) is 65.6 cm³/mol. The van der Waals surface area contributed by atoms with Crippen LogP contribution in [0.3, 0.4) is 0 Å². The lowest BCUT2D eigenvalue weighted by atomic mass is 9.79. The van der Waals surface area contributed by atoms with Gasteiger partial charge in [0.25, 0.3) is 0 Å². The molecule has 1 saturated carbocycles. The van der Waals surface area contributed by atoms with E-state index in [4.69, 9.17) is 0 Å². The van der Waals surface area contributed by atoms with Crippen molar-refractivity contribution in [3.8, 4) is 0 Å². The number of nitrogens with one attached hydrogen (secondary N) is 1. The summed E-state index contributed by atoms with van der Waals surface area (Å²) < 4.78 is 37.0. The zero-order chi connectivity index (χ0) is 14.8. The van der Waals surface area contributed by atoms with Crippen molar-refractivity contribution >= 4 is 11.7 Å². The van der Waals surface area contributed by atoms with Crippen LogP contribution in [0.25, 0.3) is 0 Å². The highest BCUT2D eigenvalue weighted by Crippen LogP contribution is 2.40. The highest BCUT2D eigenvalue weighted by molar-refractivity contribution is 5.93. The summed E-state index contributed by atoms with van der Waals surface area (Å²) in [6, 6.07) is 8.77. The molecule has 1 aromatic rings. The number of amides is 1. The molecule has 0 heterocycles. The van der Waals surface area contributed by atoms with Crippen LogP contribution in [0.2, 0.25) is 0 Å². The molecular formula is C14H14F3NO2. The second-order valence-corrected chi connectivity index (χ2v) is 5.11. The summed E-state index contributed by atoms with van der Waals surface area (Å²) in [4.78, 5) is 23.4. The molecular weight excluding hydrogens is 271 g/mol. The van der Waals surface area contributed by atoms with Crippen molar-refractivity contribution in [2.75, 3.05) is 0 Å². The molecule has 1 unspecified atom stereocenters. The van der Waals surface area contributed by atoms with E-state index < -0.39 is 17.6 Å². The molecule has 0 spiro atoms. The van der Waals surface area contributed by atoms with E-state index in [1.165, 1.54) is 0 Å². The molecule has 108 valence electrons. The molecule has 1 atom stereocenters. The molecule has 6 heteroatoms. The van der Waals surface area contributed by atoms with Gasteiger partial charge < -0.3 is 0 Å². The van der Waals surface area contributed by atoms with Crippen LogP contribution < -0.4 is 5.32 Å². The lowest BCUT2D eigenvalue weighted by Gasteiger charge is -2.27. The molecule has 0 aromatic heterocycles. The third-order valence-corrected chi connectivity index (χ3v) is 3.54. The average molecular weight is 285 g/mol. The zero-order valence-electron chi connectivity index (χ0n) is 10.7. The minimum Gasteiger partial charge on any atom is -0.300 e. The zero-order valence-corrected chi connectivity index (χ0v) is 10.7. The second-order valence-electron chi connectivity index (χ2n) is 5.11. The van der Waals surface area contributed by atoms with E-state index in [9.17, 15) is 22.8 Å². The van der Waals surface area contributed by atoms with E-state index in [2.05, 4.69) is 0 Å². The third-order valence-electron chi connectivity index (χ3n) is 3.54. The van der Waals surface area contributed by atoms with Gasteiger partial charge in [0, 0.05) is 12.8 Å². The van der Waals surface area contributed by atoms with Crippen LogP contribution in [0.5, 0.6) is 0 Å². The Balaban J connectivity index is 2.23. The summed E-state index contributed by atoms with van der Waals surface area (Å²) in [5, 5.41) is 1.05. The van der Waals surface area contributed by atoms with Gasteiger partial charge in [-0.2, -0.15) is 13.2 Å². The fourth-order valence-electron chi connectivity index (χ4n) is 2.61. The maximum atomic E-state index is 12.3. The Morgan fingerprint density at radius 1 is 1.25 bits per heavy atom. The number of hydrogen-bond acceptors (Lipinski definition) is 2. The van der Waals surface area contributed by atoms with Gasteiger partial charge in [0.15, 0.2) is 0 Å². The number of carbonyl (C=O) groups is 2. The largest absolute Gasteiger partial charge is 0.484 e. The van der Waals surface area contributed by atoms with Gasteiger partial charge in [0.2, 0.25) is 5.91 Å². The molecule has 0 bridgehead atoms. The van der Waals surface area contributed by atoms with Crippen molar-refractivity contribution in [3.05, 3.63) is 35.9 Å². The molecule has 1 aliphatic rings. The van der Waals surface area contributed by atoms with E-state index in [1.807, 2.05) is 0 Å². The highest BCUT2D eigenvalue weighted by atomic mass is 19.4. The minimum absolute atomic E-state index is 0.135. The number of alkyl halides is 3. The van der Waals surface area contributed by atoms with Crippen LogP contribution in [0.15, 0.2) is 30.3 Å². The van der Waals surface area contributed by atoms with Gasteiger partial charge >= 0.3 is 6.30 Å². The first kappa shape index (κ1) is 14.6. The Kier molecular flexibility index (Phi) is 3.83. The number of Topliss-reactive ketones (excluding diaryl/α,β-unsaturated/α-hetero) is 1. The Morgan fingerprint density at radius 2 is 1.90 bits per heavy atom. The van der Waals surface area contributed by atoms with Crippen LogP contribution in [-0.4, -0.2) is 18.0 Å². The van der Waals surface area contributed by atoms with Crippen molar-refractivity contribution in [2.24, 2.45) is 5.41 Å². The van der Waals surface area contributed by atoms with E-state index >= 15 is 0 Å². The van der Waals surface area contributed by atoms with Crippen LogP contribution in [0.4, 0.5) is 13.2 Å². The fraction of sp³-hybridized carbons (Fsp3) is 0.429. The highest BCUT2D eigenvalue weighted by Gasteiger charge is 2.47. The quantitative estimate of drug-likeness (QED) is 0.868. The molecule has 0 radical (unpaired) electrons. The topological polar surface area (TPSA) is 46.2 Å². The summed E-state index contributed by atoms with van der Waals surface area (Å²) in [7, 11) is 0. The average Bonchev–Trinajstić information content (AvgIpc) is 2.71. The minimum atomic E-state index is -4.77. The Labute approximate surface area is 114 Å². The number of ketones is 1. The van der Waals surface area contributed by atoms with Gasteiger partial charge in [-0.05, 0) is 18.4 Å². The summed E-state index contributed by atoms with van der Waals surface area (Å²) >= 11 is 0. The summed E-state index contributed by atoms with van der Waals surface area (Å²) in [6.45, 7) is 0. The van der Waals surface area contributed by atoms with Gasteiger partial charge in [-0.1, -0.05) is 30.3 Å². The van der Waals surface area contributed by atoms with E-state index in [1.54, 1.807) is 30.3 Å². The standard InChI is InChI=1S/C14H14F3NO2/c15-14(16,17)18-12(20)13(7-6-11(19)9-13)8-10-4-2-1-3-5-10/h1-5H,6-9H2,(H,18,20). The lowest BCUT2D eigenvalue weighted by molar-refractivity contribution is -0.176. The number of carbonyl (C=O) groups excluding carboxylic acids is 2. The number of rotatable bonds is 3. The van der Waals surface area contributed by atoms with E-state index in [0.717, 1.165) is 10.9 Å². The first-order valence-electron chi connectivity index (χ1n) is 6.26. The van der Waals surface area contributed by atoms with Gasteiger partial charge in [-0.15, -0.1) is 0 Å². The van der Waals surface area contributed by atoms with Crippen LogP contribution in [0, 0.1) is 5.41 Å². The Bertz CT molecular complexity index is 513. The van der Waals surface area contributed by atoms with Gasteiger partial charge in [0.05, 0.1) is 5.41 Å². The first-order valence-corrected chi connectivity index (χ1v) is 6.26. The van der Waals surface area contributed by atoms with Crippen LogP contribution in [-0.2, 0) is 16.0 Å². The van der Waals surface area contributed by atoms with Gasteiger partial charge in [-0.25, -0.2) is 0 Å². The molecule has 2 rings (SSSR count). The monoisotopic (exact) mass is 285 g/mol. The molecule has 20 heavy (non-hydrogen) atoms. The smallest absolute Gasteiger partial charge is 0.300 e. The van der Waals surface area contributed by atoms with Crippen molar-refractivity contribution < 1.29 is 22.8 Å². The van der Waals surface area contributed by atoms with Crippen molar-refractivity contribution in [3.63, 3.8) is 0 Å². The molecule has 1 amide bonds. The SMILES string of the molecule is O=C1CCC(Cc2ccccc2)(C(=O)NC(F)(F)F)C1. The number of hydrogen-bond donors (Lipinski definition) is 1. The molecule has 1 fully saturated rings. The predicted octanol–water partition coefficient (Wildman–Crippen LogP) is 2.60. The maximum Gasteiger partial charge on any atom is 0.484 e. The first-order chi connectivity index (χ1) is 9.31. The van der Waals surface area contributed by atoms with Crippen molar-refractivity contribution in [2.45, 2.75) is 32.0 Å². The molecule has 1 aromatic carbocycles. The summed E-state index contributed by atoms with van der Waals surface area (Å²) in [5.41, 5.74) is -0.534. The van der Waals surface area contributed by atoms with Gasteiger partial charge in [0.1, 0.15) is 5.78 Å². The van der Waals surface area contributed by atoms with Crippen LogP contribution >= 0.6 is 0 Å². The molecule has 0 saturated heterocycles. The molecule has 1 aliphatic carbocycles. The van der Waals surface area contributed by atoms with E-state index in [-0.39, 0.29) is 31.5 Å². The summed E-state index contributed by atoms with van der Waals surface area (Å²) in [6.07, 6.45) is -4.46. The Morgan fingerprint density at radius 3 is 2.40 bits per heavy atom.